The molecular formula is C18H26N4. The van der Waals surface area contributed by atoms with Crippen LogP contribution in [0.2, 0.25) is 0 Å². The first-order valence-corrected chi connectivity index (χ1v) is 8.21. The van der Waals surface area contributed by atoms with Crippen molar-refractivity contribution in [3.05, 3.63) is 35.4 Å². The molecule has 4 nitrogen and oxygen atoms in total. The van der Waals surface area contributed by atoms with Gasteiger partial charge in [-0.3, -0.25) is 0 Å². The van der Waals surface area contributed by atoms with Crippen LogP contribution in [0.5, 0.6) is 0 Å². The van der Waals surface area contributed by atoms with E-state index in [4.69, 9.17) is 10.7 Å². The van der Waals surface area contributed by atoms with E-state index in [9.17, 15) is 0 Å². The number of hydrogen-bond acceptors (Lipinski definition) is 4. The second kappa shape index (κ2) is 6.63. The van der Waals surface area contributed by atoms with E-state index in [1.54, 1.807) is 0 Å². The first kappa shape index (κ1) is 15.3. The van der Waals surface area contributed by atoms with E-state index in [1.165, 1.54) is 16.5 Å². The lowest BCUT2D eigenvalue weighted by Gasteiger charge is -2.34. The topological polar surface area (TPSA) is 45.4 Å². The maximum atomic E-state index is 5.72. The van der Waals surface area contributed by atoms with E-state index in [0.29, 0.717) is 0 Å². The number of rotatable bonds is 4. The maximum Gasteiger partial charge on any atom is 0.132 e. The molecule has 1 saturated heterocycles. The third-order valence-electron chi connectivity index (χ3n) is 4.48. The van der Waals surface area contributed by atoms with E-state index in [-0.39, 0.29) is 0 Å². The normalized spacial score (nSPS) is 16.4. The number of benzene rings is 1. The van der Waals surface area contributed by atoms with Gasteiger partial charge in [0.1, 0.15) is 5.82 Å². The number of aromatic nitrogens is 1. The van der Waals surface area contributed by atoms with Crippen molar-refractivity contribution in [3.8, 4) is 0 Å². The van der Waals surface area contributed by atoms with Crippen LogP contribution < -0.4 is 10.6 Å². The smallest absolute Gasteiger partial charge is 0.132 e. The van der Waals surface area contributed by atoms with Gasteiger partial charge in [-0.15, -0.1) is 0 Å². The fourth-order valence-corrected chi connectivity index (χ4v) is 3.10. The molecule has 4 heteroatoms. The van der Waals surface area contributed by atoms with Gasteiger partial charge in [0.2, 0.25) is 0 Å². The van der Waals surface area contributed by atoms with Crippen LogP contribution >= 0.6 is 0 Å². The number of anilines is 1. The largest absolute Gasteiger partial charge is 0.354 e. The summed E-state index contributed by atoms with van der Waals surface area (Å²) in [6, 6.07) is 8.82. The second-order valence-corrected chi connectivity index (χ2v) is 6.35. The average Bonchev–Trinajstić information content (AvgIpc) is 2.53. The summed E-state index contributed by atoms with van der Waals surface area (Å²) in [5, 5.41) is 1.24. The molecule has 0 aliphatic carbocycles. The van der Waals surface area contributed by atoms with Gasteiger partial charge < -0.3 is 15.5 Å². The van der Waals surface area contributed by atoms with Gasteiger partial charge in [0.05, 0.1) is 5.52 Å². The van der Waals surface area contributed by atoms with Crippen LogP contribution in [0.15, 0.2) is 24.3 Å². The molecule has 2 heterocycles. The molecule has 1 aliphatic heterocycles. The van der Waals surface area contributed by atoms with Crippen LogP contribution in [0.1, 0.15) is 17.5 Å². The highest BCUT2D eigenvalue weighted by Gasteiger charge is 2.18. The lowest BCUT2D eigenvalue weighted by molar-refractivity contribution is 0.312. The van der Waals surface area contributed by atoms with Crippen molar-refractivity contribution in [1.82, 2.24) is 9.88 Å². The molecule has 0 unspecified atom stereocenters. The Bertz CT molecular complexity index is 645. The molecule has 2 aromatic rings. The number of nitrogens with zero attached hydrogens (tertiary/aromatic N) is 3. The minimum atomic E-state index is 0.730. The number of likely N-dealkylation sites (N-methyl/N-ethyl adjacent to an activating group) is 1. The zero-order valence-electron chi connectivity index (χ0n) is 13.7. The summed E-state index contributed by atoms with van der Waals surface area (Å²) in [7, 11) is 2.18. The molecular weight excluding hydrogens is 272 g/mol. The fraction of sp³-hybridized carbons (Fsp3) is 0.500. The number of pyridine rings is 1. The average molecular weight is 298 g/mol. The molecule has 2 N–H and O–H groups in total. The Kier molecular flexibility index (Phi) is 4.60. The highest BCUT2D eigenvalue weighted by atomic mass is 15.3. The standard InChI is InChI=1S/C18H26N4/c1-14-5-6-17-16(12-14)13-15(4-3-7-19)18(20-17)22-10-8-21(2)9-11-22/h5-6,12-13H,3-4,7-11,19H2,1-2H3. The second-order valence-electron chi connectivity index (χ2n) is 6.35. The van der Waals surface area contributed by atoms with Crippen molar-refractivity contribution < 1.29 is 0 Å². The van der Waals surface area contributed by atoms with Crippen LogP contribution in [0, 0.1) is 6.92 Å². The molecule has 0 radical (unpaired) electrons. The molecule has 3 rings (SSSR count). The van der Waals surface area contributed by atoms with Crippen molar-refractivity contribution in [2.75, 3.05) is 44.7 Å². The maximum absolute atomic E-state index is 5.72. The third kappa shape index (κ3) is 3.23. The van der Waals surface area contributed by atoms with Crippen LogP contribution in [-0.2, 0) is 6.42 Å². The van der Waals surface area contributed by atoms with Gasteiger partial charge in [-0.05, 0) is 57.1 Å². The third-order valence-corrected chi connectivity index (χ3v) is 4.48. The number of piperazine rings is 1. The zero-order valence-corrected chi connectivity index (χ0v) is 13.7. The van der Waals surface area contributed by atoms with Gasteiger partial charge in [-0.2, -0.15) is 0 Å². The predicted molar refractivity (Wildman–Crippen MR) is 93.6 cm³/mol. The summed E-state index contributed by atoms with van der Waals surface area (Å²) >= 11 is 0. The van der Waals surface area contributed by atoms with E-state index in [1.807, 2.05) is 0 Å². The summed E-state index contributed by atoms with van der Waals surface area (Å²) in [6.45, 7) is 7.17. The van der Waals surface area contributed by atoms with Gasteiger partial charge in [0, 0.05) is 31.6 Å². The summed E-state index contributed by atoms with van der Waals surface area (Å²) in [5.74, 6) is 1.16. The molecule has 0 bridgehead atoms. The highest BCUT2D eigenvalue weighted by molar-refractivity contribution is 5.82. The Morgan fingerprint density at radius 3 is 2.64 bits per heavy atom. The molecule has 1 fully saturated rings. The Morgan fingerprint density at radius 1 is 1.14 bits per heavy atom. The quantitative estimate of drug-likeness (QED) is 0.940. The molecule has 1 aliphatic rings. The summed E-state index contributed by atoms with van der Waals surface area (Å²) in [4.78, 5) is 9.80. The van der Waals surface area contributed by atoms with Gasteiger partial charge in [-0.1, -0.05) is 11.6 Å². The van der Waals surface area contributed by atoms with Crippen LogP contribution in [0.3, 0.4) is 0 Å². The molecule has 118 valence electrons. The number of fused-ring (bicyclic) bond motifs is 1. The van der Waals surface area contributed by atoms with E-state index in [0.717, 1.165) is 56.9 Å². The molecule has 1 aromatic heterocycles. The van der Waals surface area contributed by atoms with E-state index >= 15 is 0 Å². The SMILES string of the molecule is Cc1ccc2nc(N3CCN(C)CC3)c(CCCN)cc2c1. The van der Waals surface area contributed by atoms with Crippen molar-refractivity contribution in [3.63, 3.8) is 0 Å². The van der Waals surface area contributed by atoms with E-state index < -0.39 is 0 Å². The monoisotopic (exact) mass is 298 g/mol. The Hall–Kier alpha value is -1.65. The zero-order chi connectivity index (χ0) is 15.5. The van der Waals surface area contributed by atoms with Crippen molar-refractivity contribution in [1.29, 1.82) is 0 Å². The molecule has 0 saturated carbocycles. The Morgan fingerprint density at radius 2 is 1.91 bits per heavy atom. The van der Waals surface area contributed by atoms with E-state index in [2.05, 4.69) is 48.0 Å². The Labute approximate surface area is 132 Å². The predicted octanol–water partition coefficient (Wildman–Crippen LogP) is 2.19. The molecule has 0 atom stereocenters. The first-order chi connectivity index (χ1) is 10.7. The van der Waals surface area contributed by atoms with Gasteiger partial charge >= 0.3 is 0 Å². The molecule has 22 heavy (non-hydrogen) atoms. The summed E-state index contributed by atoms with van der Waals surface area (Å²) < 4.78 is 0. The molecule has 1 aromatic carbocycles. The fourth-order valence-electron chi connectivity index (χ4n) is 3.10. The van der Waals surface area contributed by atoms with Crippen molar-refractivity contribution >= 4 is 16.7 Å². The van der Waals surface area contributed by atoms with Crippen molar-refractivity contribution in [2.24, 2.45) is 5.73 Å². The van der Waals surface area contributed by atoms with Gasteiger partial charge in [0.25, 0.3) is 0 Å². The lowest BCUT2D eigenvalue weighted by atomic mass is 10.0. The van der Waals surface area contributed by atoms with Gasteiger partial charge in [-0.25, -0.2) is 4.98 Å². The Balaban J connectivity index is 1.99. The number of nitrogens with two attached hydrogens (primary N) is 1. The molecule has 0 amide bonds. The molecule has 0 spiro atoms. The summed E-state index contributed by atoms with van der Waals surface area (Å²) in [5.41, 5.74) is 9.44. The van der Waals surface area contributed by atoms with Crippen molar-refractivity contribution in [2.45, 2.75) is 19.8 Å². The van der Waals surface area contributed by atoms with Crippen LogP contribution in [-0.4, -0.2) is 49.7 Å². The van der Waals surface area contributed by atoms with Gasteiger partial charge in [0.15, 0.2) is 0 Å². The van der Waals surface area contributed by atoms with Crippen LogP contribution in [0.25, 0.3) is 10.9 Å². The first-order valence-electron chi connectivity index (χ1n) is 8.21. The van der Waals surface area contributed by atoms with Crippen LogP contribution in [0.4, 0.5) is 5.82 Å². The minimum Gasteiger partial charge on any atom is -0.354 e. The number of hydrogen-bond donors (Lipinski definition) is 1. The number of aryl methyl sites for hydroxylation is 2. The highest BCUT2D eigenvalue weighted by Crippen LogP contribution is 2.26. The minimum absolute atomic E-state index is 0.730. The lowest BCUT2D eigenvalue weighted by Crippen LogP contribution is -2.45. The summed E-state index contributed by atoms with van der Waals surface area (Å²) in [6.07, 6.45) is 2.02.